The SMILES string of the molecule is O=C(CCCn1cncn1)NCC1CCN(c2ccc(F)cc2)C1. The van der Waals surface area contributed by atoms with E-state index < -0.39 is 0 Å². The van der Waals surface area contributed by atoms with Crippen molar-refractivity contribution in [3.8, 4) is 0 Å². The third-order valence-corrected chi connectivity index (χ3v) is 4.32. The van der Waals surface area contributed by atoms with Crippen molar-refractivity contribution >= 4 is 11.6 Å². The van der Waals surface area contributed by atoms with Crippen molar-refractivity contribution in [3.63, 3.8) is 0 Å². The number of anilines is 1. The number of amides is 1. The monoisotopic (exact) mass is 331 g/mol. The number of nitrogens with one attached hydrogen (secondary N) is 1. The first-order chi connectivity index (χ1) is 11.7. The number of hydrogen-bond donors (Lipinski definition) is 1. The lowest BCUT2D eigenvalue weighted by Crippen LogP contribution is -2.31. The fourth-order valence-electron chi connectivity index (χ4n) is 2.98. The van der Waals surface area contributed by atoms with Gasteiger partial charge in [0.15, 0.2) is 0 Å². The summed E-state index contributed by atoms with van der Waals surface area (Å²) in [5.41, 5.74) is 1.04. The van der Waals surface area contributed by atoms with Crippen LogP contribution in [0.3, 0.4) is 0 Å². The summed E-state index contributed by atoms with van der Waals surface area (Å²) in [6, 6.07) is 6.58. The second-order valence-corrected chi connectivity index (χ2v) is 6.14. The molecule has 1 aromatic carbocycles. The number of aryl methyl sites for hydroxylation is 1. The van der Waals surface area contributed by atoms with E-state index >= 15 is 0 Å². The minimum Gasteiger partial charge on any atom is -0.371 e. The fraction of sp³-hybridized carbons (Fsp3) is 0.471. The largest absolute Gasteiger partial charge is 0.371 e. The van der Waals surface area contributed by atoms with Crippen molar-refractivity contribution in [2.45, 2.75) is 25.8 Å². The predicted octanol–water partition coefficient (Wildman–Crippen LogP) is 1.84. The van der Waals surface area contributed by atoms with Gasteiger partial charge in [-0.05, 0) is 43.0 Å². The van der Waals surface area contributed by atoms with Gasteiger partial charge in [-0.1, -0.05) is 0 Å². The van der Waals surface area contributed by atoms with Gasteiger partial charge in [0.25, 0.3) is 0 Å². The molecule has 0 spiro atoms. The molecule has 1 aliphatic rings. The highest BCUT2D eigenvalue weighted by atomic mass is 19.1. The molecule has 0 saturated carbocycles. The number of nitrogens with zero attached hydrogens (tertiary/aromatic N) is 4. The van der Waals surface area contributed by atoms with Crippen LogP contribution in [0.25, 0.3) is 0 Å². The summed E-state index contributed by atoms with van der Waals surface area (Å²) in [4.78, 5) is 18.0. The van der Waals surface area contributed by atoms with Crippen LogP contribution in [0.15, 0.2) is 36.9 Å². The maximum Gasteiger partial charge on any atom is 0.220 e. The normalized spacial score (nSPS) is 17.2. The maximum absolute atomic E-state index is 13.0. The number of carbonyl (C=O) groups excluding carboxylic acids is 1. The minimum atomic E-state index is -0.215. The van der Waals surface area contributed by atoms with Crippen molar-refractivity contribution in [2.75, 3.05) is 24.5 Å². The summed E-state index contributed by atoms with van der Waals surface area (Å²) in [6.07, 6.45) is 5.43. The van der Waals surface area contributed by atoms with Gasteiger partial charge in [-0.15, -0.1) is 0 Å². The Morgan fingerprint density at radius 2 is 2.17 bits per heavy atom. The standard InChI is InChI=1S/C17H22FN5O/c18-15-3-5-16(6-4-15)22-9-7-14(11-22)10-20-17(24)2-1-8-23-13-19-12-21-23/h3-6,12-14H,1-2,7-11H2,(H,20,24). The maximum atomic E-state index is 13.0. The Hall–Kier alpha value is -2.44. The van der Waals surface area contributed by atoms with Gasteiger partial charge in [0.2, 0.25) is 5.91 Å². The first-order valence-corrected chi connectivity index (χ1v) is 8.30. The van der Waals surface area contributed by atoms with Crippen LogP contribution in [0.5, 0.6) is 0 Å². The summed E-state index contributed by atoms with van der Waals surface area (Å²) >= 11 is 0. The molecule has 24 heavy (non-hydrogen) atoms. The molecule has 1 amide bonds. The molecule has 1 unspecified atom stereocenters. The summed E-state index contributed by atoms with van der Waals surface area (Å²) in [5, 5.41) is 7.02. The van der Waals surface area contributed by atoms with E-state index in [0.717, 1.165) is 31.6 Å². The summed E-state index contributed by atoms with van der Waals surface area (Å²) < 4.78 is 14.7. The molecule has 0 aliphatic carbocycles. The van der Waals surface area contributed by atoms with Crippen molar-refractivity contribution in [1.82, 2.24) is 20.1 Å². The molecule has 1 saturated heterocycles. The van der Waals surface area contributed by atoms with Crippen molar-refractivity contribution in [2.24, 2.45) is 5.92 Å². The molecule has 2 heterocycles. The summed E-state index contributed by atoms with van der Waals surface area (Å²) in [6.45, 7) is 3.23. The molecule has 2 aromatic rings. The Balaban J connectivity index is 1.35. The number of halogens is 1. The van der Waals surface area contributed by atoms with Gasteiger partial charge in [0.05, 0.1) is 0 Å². The van der Waals surface area contributed by atoms with E-state index in [1.807, 2.05) is 0 Å². The number of rotatable bonds is 7. The van der Waals surface area contributed by atoms with Gasteiger partial charge in [-0.2, -0.15) is 5.10 Å². The Kier molecular flexibility index (Phi) is 5.40. The van der Waals surface area contributed by atoms with E-state index in [9.17, 15) is 9.18 Å². The van der Waals surface area contributed by atoms with Crippen molar-refractivity contribution in [3.05, 3.63) is 42.7 Å². The van der Waals surface area contributed by atoms with Gasteiger partial charge in [0.1, 0.15) is 18.5 Å². The van der Waals surface area contributed by atoms with Crippen molar-refractivity contribution in [1.29, 1.82) is 0 Å². The highest BCUT2D eigenvalue weighted by Gasteiger charge is 2.23. The molecule has 6 nitrogen and oxygen atoms in total. The molecule has 7 heteroatoms. The van der Waals surface area contributed by atoms with E-state index in [1.54, 1.807) is 23.1 Å². The van der Waals surface area contributed by atoms with Crippen molar-refractivity contribution < 1.29 is 9.18 Å². The Bertz CT molecular complexity index is 644. The van der Waals surface area contributed by atoms with E-state index in [4.69, 9.17) is 0 Å². The van der Waals surface area contributed by atoms with Gasteiger partial charge in [0, 0.05) is 38.3 Å². The van der Waals surface area contributed by atoms with E-state index in [-0.39, 0.29) is 11.7 Å². The van der Waals surface area contributed by atoms with Crippen LogP contribution in [0.1, 0.15) is 19.3 Å². The highest BCUT2D eigenvalue weighted by Crippen LogP contribution is 2.23. The van der Waals surface area contributed by atoms with Gasteiger partial charge in [-0.3, -0.25) is 9.48 Å². The summed E-state index contributed by atoms with van der Waals surface area (Å²) in [7, 11) is 0. The molecule has 128 valence electrons. The van der Waals surface area contributed by atoms with Crippen LogP contribution in [-0.2, 0) is 11.3 Å². The van der Waals surface area contributed by atoms with Crippen LogP contribution in [0, 0.1) is 11.7 Å². The molecule has 0 bridgehead atoms. The fourth-order valence-corrected chi connectivity index (χ4v) is 2.98. The lowest BCUT2D eigenvalue weighted by molar-refractivity contribution is -0.121. The highest BCUT2D eigenvalue weighted by molar-refractivity contribution is 5.75. The van der Waals surface area contributed by atoms with Crippen LogP contribution in [-0.4, -0.2) is 40.3 Å². The third-order valence-electron chi connectivity index (χ3n) is 4.32. The molecule has 1 aliphatic heterocycles. The average molecular weight is 331 g/mol. The smallest absolute Gasteiger partial charge is 0.220 e. The number of aromatic nitrogens is 3. The predicted molar refractivity (Wildman–Crippen MR) is 89.0 cm³/mol. The van der Waals surface area contributed by atoms with Crippen LogP contribution >= 0.6 is 0 Å². The van der Waals surface area contributed by atoms with Gasteiger partial charge >= 0.3 is 0 Å². The van der Waals surface area contributed by atoms with Crippen LogP contribution in [0.2, 0.25) is 0 Å². The Morgan fingerprint density at radius 3 is 2.92 bits per heavy atom. The lowest BCUT2D eigenvalue weighted by atomic mass is 10.1. The molecule has 3 rings (SSSR count). The molecule has 1 aromatic heterocycles. The van der Waals surface area contributed by atoms with Gasteiger partial charge < -0.3 is 10.2 Å². The van der Waals surface area contributed by atoms with Crippen LogP contribution in [0.4, 0.5) is 10.1 Å². The number of hydrogen-bond acceptors (Lipinski definition) is 4. The number of carbonyl (C=O) groups is 1. The zero-order valence-electron chi connectivity index (χ0n) is 13.6. The molecular formula is C17H22FN5O. The quantitative estimate of drug-likeness (QED) is 0.841. The zero-order chi connectivity index (χ0) is 16.8. The molecular weight excluding hydrogens is 309 g/mol. The van der Waals surface area contributed by atoms with E-state index in [1.165, 1.54) is 18.5 Å². The zero-order valence-corrected chi connectivity index (χ0v) is 13.6. The second-order valence-electron chi connectivity index (χ2n) is 6.14. The first-order valence-electron chi connectivity index (χ1n) is 8.30. The van der Waals surface area contributed by atoms with Crippen LogP contribution < -0.4 is 10.2 Å². The van der Waals surface area contributed by atoms with Gasteiger partial charge in [-0.25, -0.2) is 9.37 Å². The minimum absolute atomic E-state index is 0.0790. The third kappa shape index (κ3) is 4.53. The number of benzene rings is 1. The molecule has 1 atom stereocenters. The summed E-state index contributed by atoms with van der Waals surface area (Å²) in [5.74, 6) is 0.303. The Morgan fingerprint density at radius 1 is 1.33 bits per heavy atom. The van der Waals surface area contributed by atoms with E-state index in [2.05, 4.69) is 20.3 Å². The average Bonchev–Trinajstić information content (AvgIpc) is 3.25. The topological polar surface area (TPSA) is 63.1 Å². The molecule has 0 radical (unpaired) electrons. The molecule has 1 fully saturated rings. The lowest BCUT2D eigenvalue weighted by Gasteiger charge is -2.18. The Labute approximate surface area is 140 Å². The van der Waals surface area contributed by atoms with E-state index in [0.29, 0.717) is 25.4 Å². The first kappa shape index (κ1) is 16.4. The second kappa shape index (κ2) is 7.90. The molecule has 1 N–H and O–H groups in total.